The highest BCUT2D eigenvalue weighted by Gasteiger charge is 2.15. The van der Waals surface area contributed by atoms with Gasteiger partial charge in [-0.2, -0.15) is 5.10 Å². The van der Waals surface area contributed by atoms with E-state index in [1.54, 1.807) is 16.8 Å². The van der Waals surface area contributed by atoms with Crippen LogP contribution < -0.4 is 10.5 Å². The van der Waals surface area contributed by atoms with Crippen molar-refractivity contribution in [3.8, 4) is 5.75 Å². The summed E-state index contributed by atoms with van der Waals surface area (Å²) in [5, 5.41) is 4.30. The Bertz CT molecular complexity index is 546. The number of benzene rings is 1. The Hall–Kier alpha value is -1.88. The number of nitrogens with zero attached hydrogens (tertiary/aromatic N) is 2. The molecule has 96 valence electrons. The summed E-state index contributed by atoms with van der Waals surface area (Å²) < 4.78 is 20.2. The summed E-state index contributed by atoms with van der Waals surface area (Å²) >= 11 is 0. The number of rotatable bonds is 3. The average molecular weight is 249 g/mol. The highest BCUT2D eigenvalue weighted by atomic mass is 19.1. The minimum Gasteiger partial charge on any atom is -0.494 e. The van der Waals surface area contributed by atoms with Gasteiger partial charge in [0.05, 0.1) is 18.8 Å². The van der Waals surface area contributed by atoms with Crippen molar-refractivity contribution in [1.82, 2.24) is 9.78 Å². The summed E-state index contributed by atoms with van der Waals surface area (Å²) in [6.45, 7) is 1.94. The van der Waals surface area contributed by atoms with Crippen molar-refractivity contribution in [2.75, 3.05) is 7.11 Å². The SMILES string of the molecule is COc1ccc(C(N)c2cc(C)n(C)n2)cc1F. The highest BCUT2D eigenvalue weighted by Crippen LogP contribution is 2.24. The van der Waals surface area contributed by atoms with Gasteiger partial charge in [0.1, 0.15) is 0 Å². The molecule has 0 radical (unpaired) electrons. The van der Waals surface area contributed by atoms with Crippen LogP contribution in [0.5, 0.6) is 5.75 Å². The molecule has 4 nitrogen and oxygen atoms in total. The van der Waals surface area contributed by atoms with E-state index in [0.717, 1.165) is 11.4 Å². The largest absolute Gasteiger partial charge is 0.494 e. The van der Waals surface area contributed by atoms with E-state index in [4.69, 9.17) is 10.5 Å². The maximum atomic E-state index is 13.6. The summed E-state index contributed by atoms with van der Waals surface area (Å²) in [5.74, 6) is -0.207. The Kier molecular flexibility index (Phi) is 3.34. The van der Waals surface area contributed by atoms with Crippen LogP contribution in [0.3, 0.4) is 0 Å². The van der Waals surface area contributed by atoms with Crippen LogP contribution in [0.2, 0.25) is 0 Å². The molecule has 1 aromatic heterocycles. The molecule has 0 amide bonds. The zero-order valence-electron chi connectivity index (χ0n) is 10.6. The van der Waals surface area contributed by atoms with Gasteiger partial charge in [-0.05, 0) is 30.7 Å². The fourth-order valence-electron chi connectivity index (χ4n) is 1.79. The van der Waals surface area contributed by atoms with Gasteiger partial charge in [-0.1, -0.05) is 6.07 Å². The lowest BCUT2D eigenvalue weighted by Crippen LogP contribution is -2.13. The second-order valence-corrected chi connectivity index (χ2v) is 4.21. The summed E-state index contributed by atoms with van der Waals surface area (Å²) in [6.07, 6.45) is 0. The zero-order chi connectivity index (χ0) is 13.3. The van der Waals surface area contributed by atoms with Crippen LogP contribution >= 0.6 is 0 Å². The molecule has 5 heteroatoms. The van der Waals surface area contributed by atoms with Crippen molar-refractivity contribution in [2.24, 2.45) is 12.8 Å². The van der Waals surface area contributed by atoms with Gasteiger partial charge in [-0.15, -0.1) is 0 Å². The normalized spacial score (nSPS) is 12.5. The van der Waals surface area contributed by atoms with E-state index < -0.39 is 11.9 Å². The van der Waals surface area contributed by atoms with E-state index in [-0.39, 0.29) is 5.75 Å². The lowest BCUT2D eigenvalue weighted by molar-refractivity contribution is 0.386. The topological polar surface area (TPSA) is 53.1 Å². The number of aromatic nitrogens is 2. The molecule has 0 aliphatic carbocycles. The Morgan fingerprint density at radius 3 is 2.61 bits per heavy atom. The van der Waals surface area contributed by atoms with Crippen molar-refractivity contribution >= 4 is 0 Å². The molecule has 2 N–H and O–H groups in total. The standard InChI is InChI=1S/C13H16FN3O/c1-8-6-11(16-17(8)2)13(15)9-4-5-12(18-3)10(14)7-9/h4-7,13H,15H2,1-3H3. The van der Waals surface area contributed by atoms with E-state index >= 15 is 0 Å². The Labute approximate surface area is 105 Å². The average Bonchev–Trinajstić information content (AvgIpc) is 2.68. The molecular weight excluding hydrogens is 233 g/mol. The molecular formula is C13H16FN3O. The van der Waals surface area contributed by atoms with Crippen molar-refractivity contribution in [2.45, 2.75) is 13.0 Å². The van der Waals surface area contributed by atoms with Crippen molar-refractivity contribution in [1.29, 1.82) is 0 Å². The van der Waals surface area contributed by atoms with Crippen LogP contribution in [0.4, 0.5) is 4.39 Å². The third-order valence-electron chi connectivity index (χ3n) is 2.99. The summed E-state index contributed by atoms with van der Waals surface area (Å²) in [4.78, 5) is 0. The van der Waals surface area contributed by atoms with Crippen molar-refractivity contribution in [3.05, 3.63) is 47.0 Å². The fraction of sp³-hybridized carbons (Fsp3) is 0.308. The lowest BCUT2D eigenvalue weighted by Gasteiger charge is -2.10. The van der Waals surface area contributed by atoms with Gasteiger partial charge in [0.15, 0.2) is 11.6 Å². The van der Waals surface area contributed by atoms with E-state index in [1.165, 1.54) is 13.2 Å². The first-order valence-electron chi connectivity index (χ1n) is 5.62. The minimum atomic E-state index is -0.440. The number of hydrogen-bond donors (Lipinski definition) is 1. The number of halogens is 1. The van der Waals surface area contributed by atoms with Crippen LogP contribution in [0.1, 0.15) is 23.0 Å². The number of aryl methyl sites for hydroxylation is 2. The first-order valence-corrected chi connectivity index (χ1v) is 5.62. The van der Waals surface area contributed by atoms with Crippen LogP contribution in [0, 0.1) is 12.7 Å². The van der Waals surface area contributed by atoms with Gasteiger partial charge in [0, 0.05) is 12.7 Å². The molecule has 0 aliphatic rings. The maximum absolute atomic E-state index is 13.6. The third-order valence-corrected chi connectivity index (χ3v) is 2.99. The molecule has 1 atom stereocenters. The quantitative estimate of drug-likeness (QED) is 0.904. The van der Waals surface area contributed by atoms with Crippen LogP contribution in [0.15, 0.2) is 24.3 Å². The molecule has 0 saturated heterocycles. The van der Waals surface area contributed by atoms with Gasteiger partial charge in [-0.3, -0.25) is 4.68 Å². The maximum Gasteiger partial charge on any atom is 0.165 e. The minimum absolute atomic E-state index is 0.211. The Morgan fingerprint density at radius 1 is 1.39 bits per heavy atom. The van der Waals surface area contributed by atoms with Crippen LogP contribution in [-0.2, 0) is 7.05 Å². The first-order chi connectivity index (χ1) is 8.52. The lowest BCUT2D eigenvalue weighted by atomic mass is 10.0. The molecule has 2 aromatic rings. The molecule has 1 aromatic carbocycles. The second-order valence-electron chi connectivity index (χ2n) is 4.21. The van der Waals surface area contributed by atoms with E-state index in [9.17, 15) is 4.39 Å². The van der Waals surface area contributed by atoms with E-state index in [1.807, 2.05) is 20.0 Å². The van der Waals surface area contributed by atoms with Crippen LogP contribution in [-0.4, -0.2) is 16.9 Å². The molecule has 18 heavy (non-hydrogen) atoms. The number of hydrogen-bond acceptors (Lipinski definition) is 3. The number of nitrogens with two attached hydrogens (primary N) is 1. The fourth-order valence-corrected chi connectivity index (χ4v) is 1.79. The van der Waals surface area contributed by atoms with E-state index in [0.29, 0.717) is 5.56 Å². The van der Waals surface area contributed by atoms with Crippen molar-refractivity contribution < 1.29 is 9.13 Å². The van der Waals surface area contributed by atoms with Gasteiger partial charge in [-0.25, -0.2) is 4.39 Å². The van der Waals surface area contributed by atoms with Gasteiger partial charge >= 0.3 is 0 Å². The van der Waals surface area contributed by atoms with Crippen molar-refractivity contribution in [3.63, 3.8) is 0 Å². The first kappa shape index (κ1) is 12.6. The monoisotopic (exact) mass is 249 g/mol. The predicted molar refractivity (Wildman–Crippen MR) is 66.9 cm³/mol. The van der Waals surface area contributed by atoms with Gasteiger partial charge in [0.2, 0.25) is 0 Å². The predicted octanol–water partition coefficient (Wildman–Crippen LogP) is 1.92. The Morgan fingerprint density at radius 2 is 2.11 bits per heavy atom. The molecule has 1 heterocycles. The molecule has 0 spiro atoms. The van der Waals surface area contributed by atoms with Gasteiger partial charge in [0.25, 0.3) is 0 Å². The third kappa shape index (κ3) is 2.22. The molecule has 0 fully saturated rings. The molecule has 1 unspecified atom stereocenters. The second kappa shape index (κ2) is 4.78. The summed E-state index contributed by atoms with van der Waals surface area (Å²) in [7, 11) is 3.28. The van der Waals surface area contributed by atoms with E-state index in [2.05, 4.69) is 5.10 Å². The molecule has 0 aliphatic heterocycles. The Balaban J connectivity index is 2.33. The van der Waals surface area contributed by atoms with Gasteiger partial charge < -0.3 is 10.5 Å². The molecule has 0 saturated carbocycles. The summed E-state index contributed by atoms with van der Waals surface area (Å²) in [5.41, 5.74) is 8.48. The molecule has 0 bridgehead atoms. The van der Waals surface area contributed by atoms with Crippen LogP contribution in [0.25, 0.3) is 0 Å². The smallest absolute Gasteiger partial charge is 0.165 e. The summed E-state index contributed by atoms with van der Waals surface area (Å²) in [6, 6.07) is 6.15. The molecule has 2 rings (SSSR count). The number of methoxy groups -OCH3 is 1. The zero-order valence-corrected chi connectivity index (χ0v) is 10.6. The number of ether oxygens (including phenoxy) is 1. The highest BCUT2D eigenvalue weighted by molar-refractivity contribution is 5.34.